The molecule has 3 rings (SSSR count). The first-order valence-electron chi connectivity index (χ1n) is 10.9. The van der Waals surface area contributed by atoms with Gasteiger partial charge in [0.15, 0.2) is 11.5 Å². The highest BCUT2D eigenvalue weighted by atomic mass is 32.1. The van der Waals surface area contributed by atoms with Gasteiger partial charge >= 0.3 is 5.97 Å². The fraction of sp³-hybridized carbons (Fsp3) is 0.346. The predicted molar refractivity (Wildman–Crippen MR) is 127 cm³/mol. The first-order valence-corrected chi connectivity index (χ1v) is 11.7. The summed E-state index contributed by atoms with van der Waals surface area (Å²) >= 11 is 1.67. The minimum absolute atomic E-state index is 0.0841. The fourth-order valence-corrected chi connectivity index (χ4v) is 4.69. The van der Waals surface area contributed by atoms with Crippen molar-refractivity contribution in [3.8, 4) is 16.3 Å². The molecule has 168 valence electrons. The molecule has 0 radical (unpaired) electrons. The van der Waals surface area contributed by atoms with E-state index in [2.05, 4.69) is 49.9 Å². The van der Waals surface area contributed by atoms with Gasteiger partial charge in [0.25, 0.3) is 0 Å². The molecule has 0 atom stereocenters. The van der Waals surface area contributed by atoms with E-state index in [-0.39, 0.29) is 5.78 Å². The Morgan fingerprint density at radius 3 is 2.44 bits per heavy atom. The van der Waals surface area contributed by atoms with Crippen LogP contribution in [-0.4, -0.2) is 16.7 Å². The molecule has 0 spiro atoms. The molecule has 5 nitrogen and oxygen atoms in total. The average Bonchev–Trinajstić information content (AvgIpc) is 3.21. The molecule has 0 unspecified atom stereocenters. The highest BCUT2D eigenvalue weighted by Crippen LogP contribution is 2.33. The van der Waals surface area contributed by atoms with Crippen molar-refractivity contribution >= 4 is 23.1 Å². The molecule has 1 aromatic heterocycles. The number of carbonyl (C=O) groups excluding carboxylic acids is 2. The van der Waals surface area contributed by atoms with E-state index < -0.39 is 5.97 Å². The SMILES string of the molecule is CCc1cc(OOC(C)=O)ccc1C(=O)CCc1sc(-c2ccc(C)cc2)nc1C(C)C. The van der Waals surface area contributed by atoms with Gasteiger partial charge in [-0.15, -0.1) is 11.3 Å². The number of aryl methyl sites for hydroxylation is 3. The Balaban J connectivity index is 1.76. The zero-order chi connectivity index (χ0) is 23.3. The van der Waals surface area contributed by atoms with Crippen LogP contribution < -0.4 is 4.89 Å². The maximum Gasteiger partial charge on any atom is 0.352 e. The van der Waals surface area contributed by atoms with Crippen molar-refractivity contribution in [3.63, 3.8) is 0 Å². The maximum atomic E-state index is 13.0. The third kappa shape index (κ3) is 5.82. The Morgan fingerprint density at radius 2 is 1.81 bits per heavy atom. The van der Waals surface area contributed by atoms with E-state index >= 15 is 0 Å². The van der Waals surface area contributed by atoms with Crippen molar-refractivity contribution < 1.29 is 19.4 Å². The summed E-state index contributed by atoms with van der Waals surface area (Å²) < 4.78 is 0. The normalized spacial score (nSPS) is 10.9. The van der Waals surface area contributed by atoms with E-state index in [0.717, 1.165) is 26.7 Å². The zero-order valence-electron chi connectivity index (χ0n) is 19.2. The number of thiazole rings is 1. The lowest BCUT2D eigenvalue weighted by molar-refractivity contribution is -0.210. The molecule has 2 aromatic carbocycles. The third-order valence-corrected chi connectivity index (χ3v) is 6.35. The smallest absolute Gasteiger partial charge is 0.294 e. The Hall–Kier alpha value is -2.99. The van der Waals surface area contributed by atoms with Gasteiger partial charge in [-0.05, 0) is 49.4 Å². The summed E-state index contributed by atoms with van der Waals surface area (Å²) in [4.78, 5) is 39.6. The van der Waals surface area contributed by atoms with Gasteiger partial charge in [0, 0.05) is 29.3 Å². The highest BCUT2D eigenvalue weighted by Gasteiger charge is 2.18. The second-order valence-electron chi connectivity index (χ2n) is 8.10. The van der Waals surface area contributed by atoms with Gasteiger partial charge in [-0.25, -0.2) is 9.78 Å². The summed E-state index contributed by atoms with van der Waals surface area (Å²) in [6.45, 7) is 9.60. The molecule has 0 bridgehead atoms. The molecule has 0 aliphatic heterocycles. The van der Waals surface area contributed by atoms with Gasteiger partial charge in [0.05, 0.1) is 5.69 Å². The monoisotopic (exact) mass is 451 g/mol. The number of carbonyl (C=O) groups is 2. The van der Waals surface area contributed by atoms with Gasteiger partial charge < -0.3 is 0 Å². The molecule has 0 amide bonds. The number of rotatable bonds is 9. The second kappa shape index (κ2) is 10.6. The first-order chi connectivity index (χ1) is 15.3. The van der Waals surface area contributed by atoms with Crippen LogP contribution in [0.3, 0.4) is 0 Å². The molecule has 0 aliphatic rings. The molecule has 0 N–H and O–H groups in total. The van der Waals surface area contributed by atoms with E-state index in [1.807, 2.05) is 6.92 Å². The van der Waals surface area contributed by atoms with Crippen molar-refractivity contribution in [2.45, 2.75) is 59.8 Å². The van der Waals surface area contributed by atoms with Gasteiger partial charge in [-0.3, -0.25) is 14.6 Å². The summed E-state index contributed by atoms with van der Waals surface area (Å²) in [6, 6.07) is 13.5. The molecule has 0 saturated heterocycles. The van der Waals surface area contributed by atoms with Crippen molar-refractivity contribution in [1.29, 1.82) is 0 Å². The minimum atomic E-state index is -0.529. The molecular formula is C26H29NO4S. The summed E-state index contributed by atoms with van der Waals surface area (Å²) in [5.41, 5.74) is 4.94. The summed E-state index contributed by atoms with van der Waals surface area (Å²) in [7, 11) is 0. The van der Waals surface area contributed by atoms with E-state index in [9.17, 15) is 9.59 Å². The van der Waals surface area contributed by atoms with Gasteiger partial charge in [-0.2, -0.15) is 0 Å². The largest absolute Gasteiger partial charge is 0.352 e. The number of aromatic nitrogens is 1. The first kappa shape index (κ1) is 23.7. The number of benzene rings is 2. The number of ketones is 1. The molecule has 32 heavy (non-hydrogen) atoms. The lowest BCUT2D eigenvalue weighted by Gasteiger charge is -2.10. The second-order valence-corrected chi connectivity index (χ2v) is 9.19. The maximum absolute atomic E-state index is 13.0. The fourth-order valence-electron chi connectivity index (χ4n) is 3.47. The van der Waals surface area contributed by atoms with Gasteiger partial charge in [0.1, 0.15) is 5.01 Å². The van der Waals surface area contributed by atoms with Crippen LogP contribution in [0.5, 0.6) is 5.75 Å². The molecule has 1 heterocycles. The van der Waals surface area contributed by atoms with E-state index in [1.165, 1.54) is 12.5 Å². The number of Topliss-reactive ketones (excluding diaryl/α,β-unsaturated/α-hetero) is 1. The van der Waals surface area contributed by atoms with Crippen molar-refractivity contribution in [2.24, 2.45) is 0 Å². The van der Waals surface area contributed by atoms with E-state index in [0.29, 0.717) is 36.5 Å². The number of hydrogen-bond donors (Lipinski definition) is 0. The highest BCUT2D eigenvalue weighted by molar-refractivity contribution is 7.15. The van der Waals surface area contributed by atoms with Crippen LogP contribution in [0.4, 0.5) is 0 Å². The Labute approximate surface area is 193 Å². The van der Waals surface area contributed by atoms with Gasteiger partial charge in [0.2, 0.25) is 0 Å². The van der Waals surface area contributed by atoms with Crippen LogP contribution in [0.1, 0.15) is 72.1 Å². The van der Waals surface area contributed by atoms with Crippen molar-refractivity contribution in [3.05, 3.63) is 69.7 Å². The summed E-state index contributed by atoms with van der Waals surface area (Å²) in [5, 5.41) is 0.998. The minimum Gasteiger partial charge on any atom is -0.294 e. The van der Waals surface area contributed by atoms with Crippen LogP contribution in [0, 0.1) is 6.92 Å². The molecule has 3 aromatic rings. The quantitative estimate of drug-likeness (QED) is 0.212. The lowest BCUT2D eigenvalue weighted by atomic mass is 9.97. The predicted octanol–water partition coefficient (Wildman–Crippen LogP) is 6.48. The van der Waals surface area contributed by atoms with Crippen LogP contribution in [0.25, 0.3) is 10.6 Å². The molecule has 0 saturated carbocycles. The lowest BCUT2D eigenvalue weighted by Crippen LogP contribution is -2.07. The van der Waals surface area contributed by atoms with Crippen molar-refractivity contribution in [2.75, 3.05) is 0 Å². The Kier molecular flexibility index (Phi) is 7.80. The number of hydrogen-bond acceptors (Lipinski definition) is 6. The average molecular weight is 452 g/mol. The van der Waals surface area contributed by atoms with E-state index in [4.69, 9.17) is 9.87 Å². The molecular weight excluding hydrogens is 422 g/mol. The van der Waals surface area contributed by atoms with Crippen LogP contribution in [-0.2, 0) is 22.5 Å². The molecule has 0 aliphatic carbocycles. The Morgan fingerprint density at radius 1 is 1.09 bits per heavy atom. The third-order valence-electron chi connectivity index (χ3n) is 5.17. The molecule has 0 fully saturated rings. The van der Waals surface area contributed by atoms with E-state index in [1.54, 1.807) is 29.5 Å². The standard InChI is InChI=1S/C26H29NO4S/c1-6-19-15-21(31-30-18(5)28)11-12-22(19)23(29)13-14-24-25(16(2)3)27-26(32-24)20-9-7-17(4)8-10-20/h7-12,15-16H,6,13-14H2,1-5H3. The van der Waals surface area contributed by atoms with Crippen molar-refractivity contribution in [1.82, 2.24) is 4.98 Å². The van der Waals surface area contributed by atoms with Crippen LogP contribution >= 0.6 is 11.3 Å². The summed E-state index contributed by atoms with van der Waals surface area (Å²) in [5.74, 6) is 0.250. The van der Waals surface area contributed by atoms with Crippen LogP contribution in [0.2, 0.25) is 0 Å². The Bertz CT molecular complexity index is 1100. The number of nitrogens with zero attached hydrogens (tertiary/aromatic N) is 1. The zero-order valence-corrected chi connectivity index (χ0v) is 20.0. The molecule has 6 heteroatoms. The van der Waals surface area contributed by atoms with Gasteiger partial charge in [-0.1, -0.05) is 50.6 Å². The summed E-state index contributed by atoms with van der Waals surface area (Å²) in [6.07, 6.45) is 1.74. The topological polar surface area (TPSA) is 65.5 Å². The van der Waals surface area contributed by atoms with Crippen LogP contribution in [0.15, 0.2) is 42.5 Å².